The van der Waals surface area contributed by atoms with Gasteiger partial charge in [-0.15, -0.1) is 0 Å². The van der Waals surface area contributed by atoms with E-state index in [9.17, 15) is 4.39 Å². The average molecular weight is 534 g/mol. The number of aromatic nitrogens is 2. The summed E-state index contributed by atoms with van der Waals surface area (Å²) in [6, 6.07) is 18.5. The Bertz CT molecular complexity index is 1220. The predicted octanol–water partition coefficient (Wildman–Crippen LogP) is 6.83. The Morgan fingerprint density at radius 1 is 1.05 bits per heavy atom. The molecule has 1 aliphatic carbocycles. The third-order valence-electron chi connectivity index (χ3n) is 7.72. The molecule has 1 aromatic heterocycles. The Morgan fingerprint density at radius 2 is 1.82 bits per heavy atom. The number of benzene rings is 2. The van der Waals surface area contributed by atoms with Gasteiger partial charge in [-0.05, 0) is 73.6 Å². The van der Waals surface area contributed by atoms with E-state index in [-0.39, 0.29) is 11.2 Å². The number of nitrogens with zero attached hydrogens (tertiary/aromatic N) is 3. The van der Waals surface area contributed by atoms with Gasteiger partial charge >= 0.3 is 0 Å². The zero-order valence-electron chi connectivity index (χ0n) is 22.0. The van der Waals surface area contributed by atoms with Gasteiger partial charge in [0.25, 0.3) is 0 Å². The van der Waals surface area contributed by atoms with Crippen LogP contribution in [0.4, 0.5) is 16.2 Å². The molecule has 5 rings (SSSR count). The van der Waals surface area contributed by atoms with Crippen molar-refractivity contribution < 1.29 is 9.13 Å². The minimum absolute atomic E-state index is 0.0775. The maximum Gasteiger partial charge on any atom is 0.234 e. The van der Waals surface area contributed by atoms with Crippen LogP contribution >= 0.6 is 12.2 Å². The van der Waals surface area contributed by atoms with Gasteiger partial charge < -0.3 is 20.3 Å². The number of rotatable bonds is 7. The normalized spacial score (nSPS) is 19.0. The van der Waals surface area contributed by atoms with Crippen LogP contribution < -0.4 is 20.3 Å². The van der Waals surface area contributed by atoms with Crippen LogP contribution in [-0.4, -0.2) is 34.7 Å². The van der Waals surface area contributed by atoms with Crippen molar-refractivity contribution in [2.75, 3.05) is 29.9 Å². The van der Waals surface area contributed by atoms with E-state index >= 15 is 0 Å². The number of ether oxygens (including phenoxy) is 1. The molecule has 1 aliphatic heterocycles. The van der Waals surface area contributed by atoms with Crippen molar-refractivity contribution in [2.24, 2.45) is 5.92 Å². The van der Waals surface area contributed by atoms with Gasteiger partial charge in [0, 0.05) is 31.1 Å². The maximum atomic E-state index is 13.6. The molecule has 2 aliphatic rings. The van der Waals surface area contributed by atoms with E-state index in [1.807, 2.05) is 48.5 Å². The standard InChI is InChI=1S/C30H36FN5OS/c1-22-9-8-18-36(20-22)26-19-27(37-25-10-4-2-5-11-25)34-28(33-26)35-29(38)32-21-30(16-6-3-7-17-30)23-12-14-24(31)15-13-23/h2,4-5,10-15,19,22H,3,6-9,16-18,20-21H2,1H3,(H2,32,33,34,35,38)/t22-/m1/s1. The van der Waals surface area contributed by atoms with Crippen molar-refractivity contribution >= 4 is 29.1 Å². The first-order valence-electron chi connectivity index (χ1n) is 13.7. The molecule has 2 heterocycles. The number of hydrogen-bond acceptors (Lipinski definition) is 5. The number of anilines is 2. The van der Waals surface area contributed by atoms with E-state index < -0.39 is 0 Å². The van der Waals surface area contributed by atoms with Crippen LogP contribution in [0, 0.1) is 11.7 Å². The van der Waals surface area contributed by atoms with E-state index in [1.165, 1.54) is 12.8 Å². The lowest BCUT2D eigenvalue weighted by Crippen LogP contribution is -2.43. The van der Waals surface area contributed by atoms with Crippen LogP contribution in [0.15, 0.2) is 60.7 Å². The molecule has 38 heavy (non-hydrogen) atoms. The zero-order valence-corrected chi connectivity index (χ0v) is 22.8. The molecule has 2 fully saturated rings. The molecule has 1 saturated carbocycles. The molecule has 3 aromatic rings. The van der Waals surface area contributed by atoms with E-state index in [4.69, 9.17) is 21.9 Å². The lowest BCUT2D eigenvalue weighted by Gasteiger charge is -2.38. The number of thiocarbonyl (C=S) groups is 1. The molecule has 6 nitrogen and oxygen atoms in total. The average Bonchev–Trinajstić information content (AvgIpc) is 2.93. The number of nitrogens with one attached hydrogen (secondary N) is 2. The molecular weight excluding hydrogens is 497 g/mol. The molecule has 200 valence electrons. The first kappa shape index (κ1) is 26.4. The highest BCUT2D eigenvalue weighted by atomic mass is 32.1. The van der Waals surface area contributed by atoms with Crippen molar-refractivity contribution in [3.05, 3.63) is 72.0 Å². The molecule has 2 aromatic carbocycles. The Kier molecular flexibility index (Phi) is 8.37. The van der Waals surface area contributed by atoms with Crippen molar-refractivity contribution in [2.45, 2.75) is 57.3 Å². The fraction of sp³-hybridized carbons (Fsp3) is 0.433. The number of halogens is 1. The van der Waals surface area contributed by atoms with Crippen molar-refractivity contribution in [3.63, 3.8) is 0 Å². The highest BCUT2D eigenvalue weighted by molar-refractivity contribution is 7.80. The highest BCUT2D eigenvalue weighted by Gasteiger charge is 2.34. The molecule has 2 N–H and O–H groups in total. The van der Waals surface area contributed by atoms with E-state index in [2.05, 4.69) is 27.4 Å². The van der Waals surface area contributed by atoms with Gasteiger partial charge in [0.1, 0.15) is 17.4 Å². The van der Waals surface area contributed by atoms with Crippen molar-refractivity contribution in [1.82, 2.24) is 15.3 Å². The quantitative estimate of drug-likeness (QED) is 0.323. The predicted molar refractivity (Wildman–Crippen MR) is 155 cm³/mol. The monoisotopic (exact) mass is 533 g/mol. The number of hydrogen-bond donors (Lipinski definition) is 2. The van der Waals surface area contributed by atoms with Crippen molar-refractivity contribution in [1.29, 1.82) is 0 Å². The Morgan fingerprint density at radius 3 is 2.55 bits per heavy atom. The summed E-state index contributed by atoms with van der Waals surface area (Å²) in [6.07, 6.45) is 7.98. The summed E-state index contributed by atoms with van der Waals surface area (Å²) in [4.78, 5) is 11.7. The SMILES string of the molecule is C[C@@H]1CCCN(c2cc(Oc3ccccc3)nc(NC(=S)NCC3(c4ccc(F)cc4)CCCCC3)n2)C1. The van der Waals surface area contributed by atoms with Crippen LogP contribution in [-0.2, 0) is 5.41 Å². The van der Waals surface area contributed by atoms with Gasteiger partial charge in [0.2, 0.25) is 11.8 Å². The van der Waals surface area contributed by atoms with Gasteiger partial charge in [-0.3, -0.25) is 0 Å². The van der Waals surface area contributed by atoms with Gasteiger partial charge in [-0.25, -0.2) is 4.39 Å². The minimum atomic E-state index is -0.210. The van der Waals surface area contributed by atoms with Crippen LogP contribution in [0.5, 0.6) is 11.6 Å². The lowest BCUT2D eigenvalue weighted by molar-refractivity contribution is 0.292. The van der Waals surface area contributed by atoms with Crippen LogP contribution in [0.25, 0.3) is 0 Å². The first-order chi connectivity index (χ1) is 18.5. The summed E-state index contributed by atoms with van der Waals surface area (Å²) in [5.41, 5.74) is 1.08. The topological polar surface area (TPSA) is 62.3 Å². The summed E-state index contributed by atoms with van der Waals surface area (Å²) in [7, 11) is 0. The van der Waals surface area contributed by atoms with E-state index in [0.29, 0.717) is 35.2 Å². The molecular formula is C30H36FN5OS. The lowest BCUT2D eigenvalue weighted by atomic mass is 9.69. The summed E-state index contributed by atoms with van der Waals surface area (Å²) >= 11 is 5.70. The molecule has 8 heteroatoms. The van der Waals surface area contributed by atoms with Crippen LogP contribution in [0.3, 0.4) is 0 Å². The molecule has 1 saturated heterocycles. The minimum Gasteiger partial charge on any atom is -0.439 e. The summed E-state index contributed by atoms with van der Waals surface area (Å²) in [5, 5.41) is 7.09. The van der Waals surface area contributed by atoms with E-state index in [1.54, 1.807) is 12.1 Å². The van der Waals surface area contributed by atoms with Gasteiger partial charge in [-0.1, -0.05) is 56.5 Å². The second kappa shape index (κ2) is 12.1. The van der Waals surface area contributed by atoms with Crippen LogP contribution in [0.1, 0.15) is 57.4 Å². The largest absolute Gasteiger partial charge is 0.439 e. The van der Waals surface area contributed by atoms with Gasteiger partial charge in [0.15, 0.2) is 5.11 Å². The zero-order chi connectivity index (χ0) is 26.4. The molecule has 0 bridgehead atoms. The number of para-hydroxylation sites is 1. The Labute approximate surface area is 230 Å². The second-order valence-corrected chi connectivity index (χ2v) is 11.1. The molecule has 0 amide bonds. The first-order valence-corrected chi connectivity index (χ1v) is 14.1. The van der Waals surface area contributed by atoms with Crippen molar-refractivity contribution in [3.8, 4) is 11.6 Å². The second-order valence-electron chi connectivity index (χ2n) is 10.7. The summed E-state index contributed by atoms with van der Waals surface area (Å²) in [6.45, 7) is 4.84. The molecule has 0 radical (unpaired) electrons. The van der Waals surface area contributed by atoms with Crippen LogP contribution in [0.2, 0.25) is 0 Å². The Hall–Kier alpha value is -3.26. The highest BCUT2D eigenvalue weighted by Crippen LogP contribution is 2.39. The van der Waals surface area contributed by atoms with Gasteiger partial charge in [0.05, 0.1) is 0 Å². The fourth-order valence-corrected chi connectivity index (χ4v) is 5.85. The molecule has 0 spiro atoms. The number of piperidine rings is 1. The smallest absolute Gasteiger partial charge is 0.234 e. The third-order valence-corrected chi connectivity index (χ3v) is 7.96. The molecule has 1 atom stereocenters. The van der Waals surface area contributed by atoms with E-state index in [0.717, 1.165) is 56.6 Å². The summed E-state index contributed by atoms with van der Waals surface area (Å²) < 4.78 is 19.7. The fourth-order valence-electron chi connectivity index (χ4n) is 5.68. The van der Waals surface area contributed by atoms with Gasteiger partial charge in [-0.2, -0.15) is 9.97 Å². The maximum absolute atomic E-state index is 13.6. The third kappa shape index (κ3) is 6.59. The Balaban J connectivity index is 1.33. The molecule has 0 unspecified atom stereocenters. The summed E-state index contributed by atoms with van der Waals surface area (Å²) in [5.74, 6) is 2.82.